The summed E-state index contributed by atoms with van der Waals surface area (Å²) < 4.78 is 16.8. The quantitative estimate of drug-likeness (QED) is 0.745. The van der Waals surface area contributed by atoms with Gasteiger partial charge in [0.25, 0.3) is 0 Å². The highest BCUT2D eigenvalue weighted by Crippen LogP contribution is 2.38. The van der Waals surface area contributed by atoms with E-state index in [-0.39, 0.29) is 18.4 Å². The second kappa shape index (κ2) is 6.66. The number of hydrogen-bond acceptors (Lipinski definition) is 4. The molecule has 1 heterocycles. The van der Waals surface area contributed by atoms with Crippen molar-refractivity contribution in [1.82, 2.24) is 0 Å². The third-order valence-corrected chi connectivity index (χ3v) is 5.16. The van der Waals surface area contributed by atoms with Crippen LogP contribution in [0.5, 0.6) is 0 Å². The fourth-order valence-electron chi connectivity index (χ4n) is 3.63. The maximum atomic E-state index is 12.6. The summed E-state index contributed by atoms with van der Waals surface area (Å²) in [5.41, 5.74) is -0.844. The molecule has 21 heavy (non-hydrogen) atoms. The largest absolute Gasteiger partial charge is 0.460 e. The van der Waals surface area contributed by atoms with Crippen molar-refractivity contribution in [3.05, 3.63) is 0 Å². The van der Waals surface area contributed by atoms with Gasteiger partial charge in [-0.1, -0.05) is 27.2 Å². The number of carbonyl (C=O) groups is 1. The lowest BCUT2D eigenvalue weighted by molar-refractivity contribution is -0.197. The smallest absolute Gasteiger partial charge is 0.338 e. The Morgan fingerprint density at radius 3 is 2.57 bits per heavy atom. The van der Waals surface area contributed by atoms with Gasteiger partial charge in [0.1, 0.15) is 6.10 Å². The van der Waals surface area contributed by atoms with Crippen molar-refractivity contribution in [2.75, 3.05) is 7.11 Å². The van der Waals surface area contributed by atoms with E-state index in [2.05, 4.69) is 20.8 Å². The van der Waals surface area contributed by atoms with Gasteiger partial charge in [-0.25, -0.2) is 4.79 Å². The minimum absolute atomic E-state index is 0.0308. The highest BCUT2D eigenvalue weighted by molar-refractivity contribution is 5.79. The summed E-state index contributed by atoms with van der Waals surface area (Å²) in [5, 5.41) is 0. The van der Waals surface area contributed by atoms with Crippen LogP contribution in [0.1, 0.15) is 59.8 Å². The van der Waals surface area contributed by atoms with E-state index in [4.69, 9.17) is 14.2 Å². The average Bonchev–Trinajstić information content (AvgIpc) is 2.82. The second-order valence-corrected chi connectivity index (χ2v) is 7.32. The molecule has 0 spiro atoms. The van der Waals surface area contributed by atoms with Crippen LogP contribution in [0.15, 0.2) is 0 Å². The van der Waals surface area contributed by atoms with E-state index in [1.54, 1.807) is 7.11 Å². The Morgan fingerprint density at radius 1 is 1.29 bits per heavy atom. The molecule has 2 aliphatic rings. The zero-order valence-corrected chi connectivity index (χ0v) is 14.1. The molecular formula is C17H30O4. The monoisotopic (exact) mass is 298 g/mol. The molecule has 122 valence electrons. The fourth-order valence-corrected chi connectivity index (χ4v) is 3.63. The van der Waals surface area contributed by atoms with Gasteiger partial charge >= 0.3 is 5.97 Å². The van der Waals surface area contributed by atoms with Crippen LogP contribution in [-0.4, -0.2) is 31.1 Å². The fraction of sp³-hybridized carbons (Fsp3) is 0.941. The summed E-state index contributed by atoms with van der Waals surface area (Å²) in [4.78, 5) is 12.6. The molecule has 1 aliphatic heterocycles. The van der Waals surface area contributed by atoms with Gasteiger partial charge in [-0.05, 0) is 43.9 Å². The molecule has 0 aromatic rings. The van der Waals surface area contributed by atoms with Gasteiger partial charge in [0.15, 0.2) is 11.9 Å². The zero-order chi connectivity index (χ0) is 15.6. The van der Waals surface area contributed by atoms with Crippen LogP contribution in [0.4, 0.5) is 0 Å². The van der Waals surface area contributed by atoms with Crippen molar-refractivity contribution in [2.24, 2.45) is 17.8 Å². The van der Waals surface area contributed by atoms with Gasteiger partial charge in [0.05, 0.1) is 0 Å². The van der Waals surface area contributed by atoms with Crippen molar-refractivity contribution in [2.45, 2.75) is 77.8 Å². The maximum Gasteiger partial charge on any atom is 0.338 e. The van der Waals surface area contributed by atoms with Crippen molar-refractivity contribution in [3.8, 4) is 0 Å². The van der Waals surface area contributed by atoms with Crippen LogP contribution in [0.3, 0.4) is 0 Å². The molecule has 1 saturated carbocycles. The summed E-state index contributed by atoms with van der Waals surface area (Å²) in [6.45, 7) is 8.50. The zero-order valence-electron chi connectivity index (χ0n) is 14.1. The minimum Gasteiger partial charge on any atom is -0.460 e. The van der Waals surface area contributed by atoms with Crippen molar-refractivity contribution < 1.29 is 19.0 Å². The number of rotatable bonds is 4. The highest BCUT2D eigenvalue weighted by atomic mass is 16.7. The van der Waals surface area contributed by atoms with Crippen molar-refractivity contribution >= 4 is 5.97 Å². The van der Waals surface area contributed by atoms with E-state index < -0.39 is 5.60 Å². The summed E-state index contributed by atoms with van der Waals surface area (Å²) in [6.07, 6.45) is 4.51. The van der Waals surface area contributed by atoms with Gasteiger partial charge in [-0.15, -0.1) is 0 Å². The highest BCUT2D eigenvalue weighted by Gasteiger charge is 2.46. The Balaban J connectivity index is 2.00. The molecule has 1 saturated heterocycles. The SMILES string of the molecule is COC1CC[C@@](C)(C(=O)O[C@@H]2C[C@H](C)CC[C@H]2C(C)C)O1. The van der Waals surface area contributed by atoms with E-state index >= 15 is 0 Å². The van der Waals surface area contributed by atoms with Gasteiger partial charge in [-0.2, -0.15) is 0 Å². The lowest BCUT2D eigenvalue weighted by Crippen LogP contribution is -2.43. The topological polar surface area (TPSA) is 44.8 Å². The molecule has 1 aliphatic carbocycles. The molecular weight excluding hydrogens is 268 g/mol. The van der Waals surface area contributed by atoms with E-state index in [1.807, 2.05) is 6.92 Å². The minimum atomic E-state index is -0.844. The molecule has 2 fully saturated rings. The third-order valence-electron chi connectivity index (χ3n) is 5.16. The first-order chi connectivity index (χ1) is 9.85. The van der Waals surface area contributed by atoms with Gasteiger partial charge in [0, 0.05) is 13.5 Å². The van der Waals surface area contributed by atoms with Crippen LogP contribution in [0.25, 0.3) is 0 Å². The number of esters is 1. The van der Waals surface area contributed by atoms with Crippen molar-refractivity contribution in [1.29, 1.82) is 0 Å². The van der Waals surface area contributed by atoms with Gasteiger partial charge < -0.3 is 14.2 Å². The molecule has 0 amide bonds. The summed E-state index contributed by atoms with van der Waals surface area (Å²) in [5.74, 6) is 1.42. The Kier molecular flexibility index (Phi) is 5.31. The Hall–Kier alpha value is -0.610. The number of hydrogen-bond donors (Lipinski definition) is 0. The van der Waals surface area contributed by atoms with Crippen LogP contribution in [-0.2, 0) is 19.0 Å². The standard InChI is InChI=1S/C17H30O4/c1-11(2)13-7-6-12(3)10-14(13)20-16(18)17(4)9-8-15(19-5)21-17/h11-15H,6-10H2,1-5H3/t12-,13+,14-,15?,17+/m1/s1. The normalized spacial score (nSPS) is 40.5. The molecule has 2 rings (SSSR count). The van der Waals surface area contributed by atoms with E-state index in [1.165, 1.54) is 6.42 Å². The lowest BCUT2D eigenvalue weighted by atomic mass is 9.75. The lowest BCUT2D eigenvalue weighted by Gasteiger charge is -2.38. The molecule has 0 aromatic carbocycles. The molecule has 4 nitrogen and oxygen atoms in total. The van der Waals surface area contributed by atoms with Crippen LogP contribution >= 0.6 is 0 Å². The maximum absolute atomic E-state index is 12.6. The average molecular weight is 298 g/mol. The molecule has 5 atom stereocenters. The molecule has 1 unspecified atom stereocenters. The molecule has 0 bridgehead atoms. The first-order valence-electron chi connectivity index (χ1n) is 8.27. The van der Waals surface area contributed by atoms with Crippen molar-refractivity contribution in [3.63, 3.8) is 0 Å². The third kappa shape index (κ3) is 3.78. The number of methoxy groups -OCH3 is 1. The second-order valence-electron chi connectivity index (χ2n) is 7.32. The summed E-state index contributed by atoms with van der Waals surface area (Å²) >= 11 is 0. The Labute approximate surface area is 128 Å². The predicted molar refractivity (Wildman–Crippen MR) is 80.7 cm³/mol. The Bertz CT molecular complexity index is 368. The molecule has 0 aromatic heterocycles. The molecule has 0 radical (unpaired) electrons. The van der Waals surface area contributed by atoms with Gasteiger partial charge in [0.2, 0.25) is 0 Å². The van der Waals surface area contributed by atoms with E-state index in [9.17, 15) is 4.79 Å². The van der Waals surface area contributed by atoms with E-state index in [0.29, 0.717) is 24.2 Å². The molecule has 0 N–H and O–H groups in total. The van der Waals surface area contributed by atoms with Crippen LogP contribution < -0.4 is 0 Å². The van der Waals surface area contributed by atoms with Crippen LogP contribution in [0.2, 0.25) is 0 Å². The summed E-state index contributed by atoms with van der Waals surface area (Å²) in [7, 11) is 1.61. The first-order valence-corrected chi connectivity index (χ1v) is 8.27. The van der Waals surface area contributed by atoms with Gasteiger partial charge in [-0.3, -0.25) is 0 Å². The van der Waals surface area contributed by atoms with E-state index in [0.717, 1.165) is 19.3 Å². The number of ether oxygens (including phenoxy) is 3. The summed E-state index contributed by atoms with van der Waals surface area (Å²) in [6, 6.07) is 0. The predicted octanol–water partition coefficient (Wildman–Crippen LogP) is 3.53. The molecule has 4 heteroatoms. The van der Waals surface area contributed by atoms with Crippen LogP contribution in [0, 0.1) is 17.8 Å². The first kappa shape index (κ1) is 16.8. The Morgan fingerprint density at radius 2 is 2.00 bits per heavy atom. The number of carbonyl (C=O) groups excluding carboxylic acids is 1.